The summed E-state index contributed by atoms with van der Waals surface area (Å²) in [4.78, 5) is 33.6. The summed E-state index contributed by atoms with van der Waals surface area (Å²) in [5, 5.41) is 0. The lowest BCUT2D eigenvalue weighted by Gasteiger charge is -2.21. The second-order valence-electron chi connectivity index (χ2n) is 8.26. The van der Waals surface area contributed by atoms with E-state index in [0.717, 1.165) is 31.2 Å². The van der Waals surface area contributed by atoms with Crippen LogP contribution in [0.4, 0.5) is 0 Å². The monoisotopic (exact) mass is 493 g/mol. The van der Waals surface area contributed by atoms with Crippen molar-refractivity contribution in [3.05, 3.63) is 69.0 Å². The summed E-state index contributed by atoms with van der Waals surface area (Å²) in [7, 11) is 1.55. The first kappa shape index (κ1) is 22.6. The highest BCUT2D eigenvalue weighted by molar-refractivity contribution is 8.26. The molecule has 1 amide bonds. The first-order chi connectivity index (χ1) is 16.5. The highest BCUT2D eigenvalue weighted by Crippen LogP contribution is 2.39. The molecule has 34 heavy (non-hydrogen) atoms. The number of carbonyl (C=O) groups excluding carboxylic acids is 1. The second kappa shape index (κ2) is 9.23. The van der Waals surface area contributed by atoms with Crippen molar-refractivity contribution in [2.45, 2.75) is 38.6 Å². The van der Waals surface area contributed by atoms with Crippen LogP contribution in [0, 0.1) is 6.92 Å². The molecule has 3 aromatic rings. The third-order valence-electron chi connectivity index (χ3n) is 6.11. The fraction of sp³-hybridized carbons (Fsp3) is 0.280. The zero-order chi connectivity index (χ0) is 23.8. The number of amides is 1. The molecule has 3 heterocycles. The van der Waals surface area contributed by atoms with Crippen molar-refractivity contribution in [3.63, 3.8) is 0 Å². The average molecular weight is 494 g/mol. The van der Waals surface area contributed by atoms with Gasteiger partial charge in [-0.3, -0.25) is 18.9 Å². The van der Waals surface area contributed by atoms with E-state index in [2.05, 4.69) is 4.98 Å². The number of rotatable bonds is 5. The molecule has 1 saturated carbocycles. The smallest absolute Gasteiger partial charge is 0.269 e. The maximum absolute atomic E-state index is 13.6. The van der Waals surface area contributed by atoms with E-state index in [1.165, 1.54) is 16.2 Å². The Bertz CT molecular complexity index is 1390. The molecule has 9 heteroatoms. The SMILES string of the molecule is COc1ccccc1Oc1nc2c(C)cccn2c(=O)c1/C=C1\SC(=S)N(C2CCCC2)C1=O. The third kappa shape index (κ3) is 3.99. The van der Waals surface area contributed by atoms with E-state index in [1.54, 1.807) is 42.5 Å². The molecule has 5 rings (SSSR count). The molecule has 1 aliphatic carbocycles. The number of ether oxygens (including phenoxy) is 2. The minimum Gasteiger partial charge on any atom is -0.493 e. The standard InChI is InChI=1S/C25H23N3O4S2/c1-15-8-7-13-27-21(15)26-22(32-19-12-6-5-11-18(19)31-2)17(23(27)29)14-20-24(30)28(25(33)34-20)16-9-3-4-10-16/h5-8,11-14,16H,3-4,9-10H2,1-2H3/b20-14-. The average Bonchev–Trinajstić information content (AvgIpc) is 3.45. The van der Waals surface area contributed by atoms with Crippen LogP contribution in [0.5, 0.6) is 17.4 Å². The molecule has 0 bridgehead atoms. The van der Waals surface area contributed by atoms with E-state index >= 15 is 0 Å². The van der Waals surface area contributed by atoms with Gasteiger partial charge < -0.3 is 9.47 Å². The first-order valence-corrected chi connectivity index (χ1v) is 12.3. The van der Waals surface area contributed by atoms with Crippen LogP contribution >= 0.6 is 24.0 Å². The number of aromatic nitrogens is 2. The molecule has 0 N–H and O–H groups in total. The molecule has 7 nitrogen and oxygen atoms in total. The van der Waals surface area contributed by atoms with Crippen molar-refractivity contribution in [1.82, 2.24) is 14.3 Å². The van der Waals surface area contributed by atoms with E-state index in [9.17, 15) is 9.59 Å². The largest absolute Gasteiger partial charge is 0.493 e. The van der Waals surface area contributed by atoms with Gasteiger partial charge in [-0.25, -0.2) is 0 Å². The Hall–Kier alpha value is -3.17. The summed E-state index contributed by atoms with van der Waals surface area (Å²) in [6.45, 7) is 1.88. The van der Waals surface area contributed by atoms with Gasteiger partial charge in [-0.05, 0) is 49.6 Å². The van der Waals surface area contributed by atoms with E-state index < -0.39 is 0 Å². The zero-order valence-corrected chi connectivity index (χ0v) is 20.4. The van der Waals surface area contributed by atoms with Gasteiger partial charge in [-0.1, -0.05) is 55.0 Å². The lowest BCUT2D eigenvalue weighted by molar-refractivity contribution is -0.123. The van der Waals surface area contributed by atoms with E-state index in [0.29, 0.717) is 26.4 Å². The van der Waals surface area contributed by atoms with E-state index in [1.807, 2.05) is 25.1 Å². The Balaban J connectivity index is 1.64. The van der Waals surface area contributed by atoms with Gasteiger partial charge in [0.1, 0.15) is 15.5 Å². The van der Waals surface area contributed by atoms with Crippen LogP contribution in [0.3, 0.4) is 0 Å². The number of nitrogens with zero attached hydrogens (tertiary/aromatic N) is 3. The third-order valence-corrected chi connectivity index (χ3v) is 7.44. The molecule has 0 atom stereocenters. The van der Waals surface area contributed by atoms with Crippen molar-refractivity contribution in [1.29, 1.82) is 0 Å². The highest BCUT2D eigenvalue weighted by atomic mass is 32.2. The van der Waals surface area contributed by atoms with Gasteiger partial charge in [0.2, 0.25) is 5.88 Å². The van der Waals surface area contributed by atoms with Crippen LogP contribution in [-0.2, 0) is 4.79 Å². The number of aryl methyl sites for hydroxylation is 1. The van der Waals surface area contributed by atoms with Gasteiger partial charge >= 0.3 is 0 Å². The lowest BCUT2D eigenvalue weighted by atomic mass is 10.2. The quantitative estimate of drug-likeness (QED) is 0.368. The Morgan fingerprint density at radius 1 is 1.12 bits per heavy atom. The fourth-order valence-electron chi connectivity index (χ4n) is 4.39. The Morgan fingerprint density at radius 3 is 2.59 bits per heavy atom. The van der Waals surface area contributed by atoms with Crippen LogP contribution in [0.25, 0.3) is 11.7 Å². The number of methoxy groups -OCH3 is 1. The number of carbonyl (C=O) groups is 1. The lowest BCUT2D eigenvalue weighted by Crippen LogP contribution is -2.36. The molecule has 2 fully saturated rings. The zero-order valence-electron chi connectivity index (χ0n) is 18.8. The maximum Gasteiger partial charge on any atom is 0.269 e. The molecule has 174 valence electrons. The summed E-state index contributed by atoms with van der Waals surface area (Å²) in [5.41, 5.74) is 1.15. The molecule has 2 aromatic heterocycles. The summed E-state index contributed by atoms with van der Waals surface area (Å²) < 4.78 is 13.5. The molecule has 1 saturated heterocycles. The van der Waals surface area contributed by atoms with Crippen LogP contribution in [-0.4, -0.2) is 37.7 Å². The molecule has 2 aliphatic rings. The molecule has 0 unspecified atom stereocenters. The van der Waals surface area contributed by atoms with Crippen LogP contribution in [0.15, 0.2) is 52.3 Å². The van der Waals surface area contributed by atoms with Crippen molar-refractivity contribution in [2.75, 3.05) is 7.11 Å². The number of thiocarbonyl (C=S) groups is 1. The number of pyridine rings is 1. The second-order valence-corrected chi connectivity index (χ2v) is 9.94. The first-order valence-electron chi connectivity index (χ1n) is 11.1. The summed E-state index contributed by atoms with van der Waals surface area (Å²) in [6.07, 6.45) is 7.29. The molecular weight excluding hydrogens is 470 g/mol. The predicted molar refractivity (Wildman–Crippen MR) is 137 cm³/mol. The minimum absolute atomic E-state index is 0.106. The summed E-state index contributed by atoms with van der Waals surface area (Å²) in [6, 6.07) is 10.9. The molecule has 0 radical (unpaired) electrons. The van der Waals surface area contributed by atoms with Crippen LogP contribution < -0.4 is 15.0 Å². The summed E-state index contributed by atoms with van der Waals surface area (Å²) in [5.74, 6) is 0.865. The number of hydrogen-bond acceptors (Lipinski definition) is 7. The molecule has 1 aromatic carbocycles. The Morgan fingerprint density at radius 2 is 1.85 bits per heavy atom. The van der Waals surface area contributed by atoms with Gasteiger partial charge in [0.05, 0.1) is 12.0 Å². The number of hydrogen-bond donors (Lipinski definition) is 0. The fourth-order valence-corrected chi connectivity index (χ4v) is 5.77. The van der Waals surface area contributed by atoms with Gasteiger partial charge in [0.25, 0.3) is 11.5 Å². The maximum atomic E-state index is 13.6. The molecule has 1 aliphatic heterocycles. The van der Waals surface area contributed by atoms with Crippen molar-refractivity contribution in [3.8, 4) is 17.4 Å². The van der Waals surface area contributed by atoms with Crippen molar-refractivity contribution in [2.24, 2.45) is 0 Å². The molecule has 0 spiro atoms. The normalized spacial score (nSPS) is 17.8. The summed E-state index contributed by atoms with van der Waals surface area (Å²) >= 11 is 6.74. The van der Waals surface area contributed by atoms with E-state index in [4.69, 9.17) is 21.7 Å². The minimum atomic E-state index is -0.329. The van der Waals surface area contributed by atoms with Crippen LogP contribution in [0.1, 0.15) is 36.8 Å². The highest BCUT2D eigenvalue weighted by Gasteiger charge is 2.38. The van der Waals surface area contributed by atoms with Gasteiger partial charge in [-0.2, -0.15) is 4.98 Å². The van der Waals surface area contributed by atoms with Crippen molar-refractivity contribution >= 4 is 45.9 Å². The topological polar surface area (TPSA) is 73.1 Å². The molecular formula is C25H23N3O4S2. The van der Waals surface area contributed by atoms with Crippen molar-refractivity contribution < 1.29 is 14.3 Å². The van der Waals surface area contributed by atoms with Crippen LogP contribution in [0.2, 0.25) is 0 Å². The number of benzene rings is 1. The Kier molecular flexibility index (Phi) is 6.14. The number of fused-ring (bicyclic) bond motifs is 1. The van der Waals surface area contributed by atoms with Gasteiger partial charge in [-0.15, -0.1) is 0 Å². The number of thioether (sulfide) groups is 1. The van der Waals surface area contributed by atoms with E-state index in [-0.39, 0.29) is 29.0 Å². The number of para-hydroxylation sites is 2. The van der Waals surface area contributed by atoms with Gasteiger partial charge in [0.15, 0.2) is 11.5 Å². The van der Waals surface area contributed by atoms with Gasteiger partial charge in [0, 0.05) is 12.2 Å². The predicted octanol–water partition coefficient (Wildman–Crippen LogP) is 4.95. The Labute approximate surface area is 206 Å².